The normalized spacial score (nSPS) is 17.7. The molecule has 3 aromatic rings. The Labute approximate surface area is 155 Å². The van der Waals surface area contributed by atoms with Gasteiger partial charge in [-0.3, -0.25) is 0 Å². The molecule has 0 fully saturated rings. The van der Waals surface area contributed by atoms with Crippen LogP contribution >= 0.6 is 0 Å². The molecule has 3 nitrogen and oxygen atoms in total. The topological polar surface area (TPSA) is 37.4 Å². The molecule has 132 valence electrons. The van der Waals surface area contributed by atoms with E-state index >= 15 is 0 Å². The average molecular weight is 363 g/mol. The van der Waals surface area contributed by atoms with Crippen LogP contribution in [0.5, 0.6) is 0 Å². The van der Waals surface area contributed by atoms with Crippen LogP contribution in [0.15, 0.2) is 83.8 Å². The summed E-state index contributed by atoms with van der Waals surface area (Å²) in [5.74, 6) is 0. The SMILES string of the molecule is Cc1ccc(S(=O)(=O)N2CCc3ccccc3C2c2ccccc2)cc1. The first kappa shape index (κ1) is 17.0. The highest BCUT2D eigenvalue weighted by Crippen LogP contribution is 2.38. The van der Waals surface area contributed by atoms with Gasteiger partial charge in [0.1, 0.15) is 0 Å². The molecular formula is C22H21NO2S. The van der Waals surface area contributed by atoms with E-state index in [0.717, 1.165) is 23.1 Å². The number of rotatable bonds is 3. The summed E-state index contributed by atoms with van der Waals surface area (Å²) in [5, 5.41) is 0. The third-order valence-electron chi connectivity index (χ3n) is 4.98. The number of sulfonamides is 1. The zero-order valence-electron chi connectivity index (χ0n) is 14.7. The molecule has 1 heterocycles. The second-order valence-corrected chi connectivity index (χ2v) is 8.58. The third-order valence-corrected chi connectivity index (χ3v) is 6.86. The maximum atomic E-state index is 13.4. The second kappa shape index (κ2) is 6.71. The van der Waals surface area contributed by atoms with E-state index in [9.17, 15) is 8.42 Å². The molecule has 0 aromatic heterocycles. The van der Waals surface area contributed by atoms with Crippen LogP contribution in [0.4, 0.5) is 0 Å². The van der Waals surface area contributed by atoms with Crippen LogP contribution in [0, 0.1) is 6.92 Å². The minimum atomic E-state index is -3.59. The lowest BCUT2D eigenvalue weighted by Gasteiger charge is -2.36. The predicted octanol–water partition coefficient (Wildman–Crippen LogP) is 4.33. The first-order chi connectivity index (χ1) is 12.6. The Kier molecular flexibility index (Phi) is 4.39. The first-order valence-electron chi connectivity index (χ1n) is 8.78. The van der Waals surface area contributed by atoms with Gasteiger partial charge in [-0.2, -0.15) is 4.31 Å². The summed E-state index contributed by atoms with van der Waals surface area (Å²) in [6.07, 6.45) is 0.727. The standard InChI is InChI=1S/C22H21NO2S/c1-17-11-13-20(14-12-17)26(24,25)23-16-15-18-7-5-6-10-21(18)22(23)19-8-3-2-4-9-19/h2-14,22H,15-16H2,1H3. The molecule has 0 bridgehead atoms. The Morgan fingerprint density at radius 3 is 2.23 bits per heavy atom. The van der Waals surface area contributed by atoms with Crippen molar-refractivity contribution in [1.29, 1.82) is 0 Å². The molecule has 4 heteroatoms. The third kappa shape index (κ3) is 2.96. The zero-order valence-corrected chi connectivity index (χ0v) is 15.5. The van der Waals surface area contributed by atoms with Gasteiger partial charge in [-0.25, -0.2) is 8.42 Å². The summed E-state index contributed by atoms with van der Waals surface area (Å²) >= 11 is 0. The van der Waals surface area contributed by atoms with Crippen molar-refractivity contribution in [1.82, 2.24) is 4.31 Å². The van der Waals surface area contributed by atoms with E-state index < -0.39 is 10.0 Å². The molecule has 0 saturated heterocycles. The highest BCUT2D eigenvalue weighted by Gasteiger charge is 2.37. The van der Waals surface area contributed by atoms with E-state index in [1.54, 1.807) is 16.4 Å². The minimum absolute atomic E-state index is 0.299. The number of hydrogen-bond acceptors (Lipinski definition) is 2. The Balaban J connectivity index is 1.86. The fraction of sp³-hybridized carbons (Fsp3) is 0.182. The highest BCUT2D eigenvalue weighted by molar-refractivity contribution is 7.89. The van der Waals surface area contributed by atoms with Crippen LogP contribution in [0.2, 0.25) is 0 Å². The van der Waals surface area contributed by atoms with Gasteiger partial charge in [0.05, 0.1) is 10.9 Å². The van der Waals surface area contributed by atoms with Crippen LogP contribution in [-0.2, 0) is 16.4 Å². The van der Waals surface area contributed by atoms with Crippen LogP contribution in [0.3, 0.4) is 0 Å². The lowest BCUT2D eigenvalue weighted by atomic mass is 9.90. The molecule has 26 heavy (non-hydrogen) atoms. The lowest BCUT2D eigenvalue weighted by molar-refractivity contribution is 0.344. The van der Waals surface area contributed by atoms with Crippen molar-refractivity contribution in [2.45, 2.75) is 24.3 Å². The molecule has 0 radical (unpaired) electrons. The van der Waals surface area contributed by atoms with Gasteiger partial charge >= 0.3 is 0 Å². The van der Waals surface area contributed by atoms with Gasteiger partial charge in [0, 0.05) is 6.54 Å². The molecule has 0 N–H and O–H groups in total. The largest absolute Gasteiger partial charge is 0.243 e. The van der Waals surface area contributed by atoms with E-state index in [0.29, 0.717) is 11.4 Å². The molecule has 4 rings (SSSR count). The minimum Gasteiger partial charge on any atom is -0.207 e. The van der Waals surface area contributed by atoms with Gasteiger partial charge in [0.25, 0.3) is 0 Å². The van der Waals surface area contributed by atoms with Crippen molar-refractivity contribution in [2.24, 2.45) is 0 Å². The second-order valence-electron chi connectivity index (χ2n) is 6.69. The molecule has 0 saturated carbocycles. The predicted molar refractivity (Wildman–Crippen MR) is 104 cm³/mol. The van der Waals surface area contributed by atoms with Gasteiger partial charge in [-0.05, 0) is 42.2 Å². The van der Waals surface area contributed by atoms with E-state index in [2.05, 4.69) is 6.07 Å². The van der Waals surface area contributed by atoms with Crippen molar-refractivity contribution in [3.63, 3.8) is 0 Å². The summed E-state index contributed by atoms with van der Waals surface area (Å²) in [6.45, 7) is 2.44. The molecule has 1 aliphatic rings. The molecule has 0 aliphatic carbocycles. The zero-order chi connectivity index (χ0) is 18.1. The Hall–Kier alpha value is -2.43. The molecule has 1 aliphatic heterocycles. The quantitative estimate of drug-likeness (QED) is 0.694. The summed E-state index contributed by atoms with van der Waals surface area (Å²) in [6, 6.07) is 24.8. The van der Waals surface area contributed by atoms with E-state index in [4.69, 9.17) is 0 Å². The van der Waals surface area contributed by atoms with Crippen molar-refractivity contribution >= 4 is 10.0 Å². The van der Waals surface area contributed by atoms with Gasteiger partial charge in [0.15, 0.2) is 0 Å². The van der Waals surface area contributed by atoms with Gasteiger partial charge in [0.2, 0.25) is 10.0 Å². The maximum Gasteiger partial charge on any atom is 0.243 e. The lowest BCUT2D eigenvalue weighted by Crippen LogP contribution is -2.40. The summed E-state index contributed by atoms with van der Waals surface area (Å²) in [7, 11) is -3.59. The Morgan fingerprint density at radius 1 is 0.846 bits per heavy atom. The van der Waals surface area contributed by atoms with Crippen molar-refractivity contribution in [3.8, 4) is 0 Å². The van der Waals surface area contributed by atoms with Gasteiger partial charge in [-0.15, -0.1) is 0 Å². The van der Waals surface area contributed by atoms with Crippen molar-refractivity contribution < 1.29 is 8.42 Å². The fourth-order valence-corrected chi connectivity index (χ4v) is 5.22. The smallest absolute Gasteiger partial charge is 0.207 e. The van der Waals surface area contributed by atoms with E-state index in [1.807, 2.05) is 67.6 Å². The highest BCUT2D eigenvalue weighted by atomic mass is 32.2. The molecule has 0 spiro atoms. The summed E-state index contributed by atoms with van der Waals surface area (Å²) in [5.41, 5.74) is 4.33. The number of nitrogens with zero attached hydrogens (tertiary/aromatic N) is 1. The molecule has 0 amide bonds. The van der Waals surface area contributed by atoms with Crippen molar-refractivity contribution in [2.75, 3.05) is 6.54 Å². The molecule has 1 atom stereocenters. The number of fused-ring (bicyclic) bond motifs is 1. The number of aryl methyl sites for hydroxylation is 1. The molecule has 3 aromatic carbocycles. The Morgan fingerprint density at radius 2 is 1.50 bits per heavy atom. The van der Waals surface area contributed by atoms with Crippen LogP contribution in [0.25, 0.3) is 0 Å². The van der Waals surface area contributed by atoms with Gasteiger partial charge < -0.3 is 0 Å². The van der Waals surface area contributed by atoms with E-state index in [1.165, 1.54) is 5.56 Å². The van der Waals surface area contributed by atoms with Gasteiger partial charge in [-0.1, -0.05) is 72.3 Å². The number of benzene rings is 3. The van der Waals surface area contributed by atoms with Crippen LogP contribution in [0.1, 0.15) is 28.3 Å². The average Bonchev–Trinajstić information content (AvgIpc) is 2.68. The molecular weight excluding hydrogens is 342 g/mol. The molecule has 1 unspecified atom stereocenters. The Bertz CT molecular complexity index is 1010. The van der Waals surface area contributed by atoms with Crippen molar-refractivity contribution in [3.05, 3.63) is 101 Å². The number of hydrogen-bond donors (Lipinski definition) is 0. The van der Waals surface area contributed by atoms with E-state index in [-0.39, 0.29) is 6.04 Å². The first-order valence-corrected chi connectivity index (χ1v) is 10.2. The summed E-state index contributed by atoms with van der Waals surface area (Å²) in [4.78, 5) is 0.350. The fourth-order valence-electron chi connectivity index (χ4n) is 3.63. The maximum absolute atomic E-state index is 13.4. The van der Waals surface area contributed by atoms with Crippen LogP contribution in [-0.4, -0.2) is 19.3 Å². The summed E-state index contributed by atoms with van der Waals surface area (Å²) < 4.78 is 28.5. The van der Waals surface area contributed by atoms with Crippen LogP contribution < -0.4 is 0 Å². The monoisotopic (exact) mass is 363 g/mol.